The molecule has 0 saturated carbocycles. The number of ether oxygens (including phenoxy) is 1. The highest BCUT2D eigenvalue weighted by Gasteiger charge is 2.21. The molecule has 0 aromatic heterocycles. The van der Waals surface area contributed by atoms with Crippen LogP contribution in [0.2, 0.25) is 0 Å². The number of para-hydroxylation sites is 1. The molecule has 3 nitrogen and oxygen atoms in total. The van der Waals surface area contributed by atoms with E-state index in [-0.39, 0.29) is 16.7 Å². The number of halogens is 1. The fourth-order valence-corrected chi connectivity index (χ4v) is 2.59. The SMILES string of the molecule is NC(=S)c1ccc(NCC2Cc3ccccc3O2)cc1F. The summed E-state index contributed by atoms with van der Waals surface area (Å²) in [5.74, 6) is 0.516. The molecule has 0 aliphatic carbocycles. The van der Waals surface area contributed by atoms with Gasteiger partial charge in [-0.15, -0.1) is 0 Å². The van der Waals surface area contributed by atoms with Gasteiger partial charge in [-0.25, -0.2) is 4.39 Å². The van der Waals surface area contributed by atoms with Gasteiger partial charge in [-0.3, -0.25) is 0 Å². The van der Waals surface area contributed by atoms with Crippen molar-refractivity contribution in [1.82, 2.24) is 0 Å². The second-order valence-corrected chi connectivity index (χ2v) is 5.43. The van der Waals surface area contributed by atoms with Crippen LogP contribution in [0, 0.1) is 5.82 Å². The average Bonchev–Trinajstić information content (AvgIpc) is 2.87. The first-order valence-electron chi connectivity index (χ1n) is 6.71. The minimum Gasteiger partial charge on any atom is -0.488 e. The van der Waals surface area contributed by atoms with Gasteiger partial charge in [-0.2, -0.15) is 0 Å². The highest BCUT2D eigenvalue weighted by Crippen LogP contribution is 2.28. The van der Waals surface area contributed by atoms with Crippen LogP contribution in [-0.2, 0) is 6.42 Å². The average molecular weight is 302 g/mol. The number of fused-ring (bicyclic) bond motifs is 1. The number of rotatable bonds is 4. The minimum absolute atomic E-state index is 0.0562. The van der Waals surface area contributed by atoms with Crippen molar-refractivity contribution in [3.63, 3.8) is 0 Å². The summed E-state index contributed by atoms with van der Waals surface area (Å²) in [7, 11) is 0. The van der Waals surface area contributed by atoms with E-state index in [9.17, 15) is 4.39 Å². The van der Waals surface area contributed by atoms with Crippen LogP contribution in [-0.4, -0.2) is 17.6 Å². The van der Waals surface area contributed by atoms with Crippen LogP contribution in [0.4, 0.5) is 10.1 Å². The summed E-state index contributed by atoms with van der Waals surface area (Å²) in [5, 5.41) is 3.18. The minimum atomic E-state index is -0.414. The lowest BCUT2D eigenvalue weighted by molar-refractivity contribution is 0.246. The smallest absolute Gasteiger partial charge is 0.135 e. The number of nitrogens with two attached hydrogens (primary N) is 1. The third-order valence-corrected chi connectivity index (χ3v) is 3.70. The van der Waals surface area contributed by atoms with E-state index in [4.69, 9.17) is 22.7 Å². The first kappa shape index (κ1) is 13.8. The Labute approximate surface area is 127 Å². The van der Waals surface area contributed by atoms with Crippen molar-refractivity contribution in [2.45, 2.75) is 12.5 Å². The van der Waals surface area contributed by atoms with E-state index in [1.54, 1.807) is 12.1 Å². The predicted molar refractivity (Wildman–Crippen MR) is 85.3 cm³/mol. The van der Waals surface area contributed by atoms with Crippen LogP contribution >= 0.6 is 12.2 Å². The fraction of sp³-hybridized carbons (Fsp3) is 0.188. The zero-order valence-corrected chi connectivity index (χ0v) is 12.1. The molecule has 2 aromatic rings. The molecule has 108 valence electrons. The van der Waals surface area contributed by atoms with Crippen molar-refractivity contribution in [2.24, 2.45) is 5.73 Å². The molecule has 1 heterocycles. The molecule has 0 bridgehead atoms. The molecule has 21 heavy (non-hydrogen) atoms. The first-order valence-corrected chi connectivity index (χ1v) is 7.12. The molecule has 0 saturated heterocycles. The highest BCUT2D eigenvalue weighted by atomic mass is 32.1. The molecular weight excluding hydrogens is 287 g/mol. The van der Waals surface area contributed by atoms with Crippen LogP contribution in [0.15, 0.2) is 42.5 Å². The summed E-state index contributed by atoms with van der Waals surface area (Å²) < 4.78 is 19.6. The molecule has 2 aromatic carbocycles. The lowest BCUT2D eigenvalue weighted by Gasteiger charge is -2.13. The van der Waals surface area contributed by atoms with Gasteiger partial charge in [0.1, 0.15) is 22.7 Å². The molecule has 1 aliphatic rings. The molecule has 1 aliphatic heterocycles. The third kappa shape index (κ3) is 2.97. The number of nitrogens with one attached hydrogen (secondary N) is 1. The molecule has 0 spiro atoms. The van der Waals surface area contributed by atoms with Gasteiger partial charge in [0.25, 0.3) is 0 Å². The Kier molecular flexibility index (Phi) is 3.75. The first-order chi connectivity index (χ1) is 10.1. The number of anilines is 1. The fourth-order valence-electron chi connectivity index (χ4n) is 2.42. The zero-order chi connectivity index (χ0) is 14.8. The number of hydrogen-bond acceptors (Lipinski definition) is 3. The molecule has 3 N–H and O–H groups in total. The largest absolute Gasteiger partial charge is 0.488 e. The molecule has 3 rings (SSSR count). The highest BCUT2D eigenvalue weighted by molar-refractivity contribution is 7.80. The standard InChI is InChI=1S/C16H15FN2OS/c17-14-8-11(5-6-13(14)16(18)21)19-9-12-7-10-3-1-2-4-15(10)20-12/h1-6,8,12,19H,7,9H2,(H2,18,21). The number of hydrogen-bond donors (Lipinski definition) is 2. The Morgan fingerprint density at radius 1 is 1.33 bits per heavy atom. The van der Waals surface area contributed by atoms with Gasteiger partial charge in [0.15, 0.2) is 0 Å². The Morgan fingerprint density at radius 3 is 2.86 bits per heavy atom. The van der Waals surface area contributed by atoms with E-state index >= 15 is 0 Å². The molecule has 0 amide bonds. The summed E-state index contributed by atoms with van der Waals surface area (Å²) in [6.45, 7) is 0.612. The van der Waals surface area contributed by atoms with Crippen molar-refractivity contribution in [3.8, 4) is 5.75 Å². The number of benzene rings is 2. The van der Waals surface area contributed by atoms with Crippen molar-refractivity contribution < 1.29 is 9.13 Å². The van der Waals surface area contributed by atoms with E-state index in [0.29, 0.717) is 12.2 Å². The zero-order valence-electron chi connectivity index (χ0n) is 11.3. The van der Waals surface area contributed by atoms with Crippen LogP contribution < -0.4 is 15.8 Å². The Hall–Kier alpha value is -2.14. The molecule has 1 atom stereocenters. The normalized spacial score (nSPS) is 16.1. The summed E-state index contributed by atoms with van der Waals surface area (Å²) in [5.41, 5.74) is 7.60. The van der Waals surface area contributed by atoms with Crippen LogP contribution in [0.5, 0.6) is 5.75 Å². The summed E-state index contributed by atoms with van der Waals surface area (Å²) >= 11 is 4.78. The summed E-state index contributed by atoms with van der Waals surface area (Å²) in [6.07, 6.45) is 0.914. The van der Waals surface area contributed by atoms with Gasteiger partial charge >= 0.3 is 0 Å². The van der Waals surface area contributed by atoms with Crippen molar-refractivity contribution in [1.29, 1.82) is 0 Å². The molecule has 0 fully saturated rings. The van der Waals surface area contributed by atoms with Gasteiger partial charge in [-0.1, -0.05) is 30.4 Å². The second-order valence-electron chi connectivity index (χ2n) is 4.99. The topological polar surface area (TPSA) is 47.3 Å². The van der Waals surface area contributed by atoms with E-state index in [1.807, 2.05) is 18.2 Å². The Bertz CT molecular complexity index is 665. The van der Waals surface area contributed by atoms with Gasteiger partial charge in [0.05, 0.1) is 6.54 Å². The van der Waals surface area contributed by atoms with Crippen LogP contribution in [0.3, 0.4) is 0 Å². The maximum Gasteiger partial charge on any atom is 0.135 e. The predicted octanol–water partition coefficient (Wildman–Crippen LogP) is 2.88. The lowest BCUT2D eigenvalue weighted by atomic mass is 10.1. The summed E-state index contributed by atoms with van der Waals surface area (Å²) in [4.78, 5) is 0.0635. The maximum atomic E-state index is 13.8. The Balaban J connectivity index is 1.62. The third-order valence-electron chi connectivity index (χ3n) is 3.48. The van der Waals surface area contributed by atoms with E-state index in [2.05, 4.69) is 11.4 Å². The lowest BCUT2D eigenvalue weighted by Crippen LogP contribution is -2.24. The van der Waals surface area contributed by atoms with E-state index in [0.717, 1.165) is 12.2 Å². The van der Waals surface area contributed by atoms with Gasteiger partial charge in [-0.05, 0) is 29.8 Å². The van der Waals surface area contributed by atoms with Gasteiger partial charge < -0.3 is 15.8 Å². The van der Waals surface area contributed by atoms with E-state index in [1.165, 1.54) is 11.6 Å². The molecule has 0 radical (unpaired) electrons. The van der Waals surface area contributed by atoms with Crippen molar-refractivity contribution in [3.05, 3.63) is 59.4 Å². The molecule has 1 unspecified atom stereocenters. The number of thiocarbonyl (C=S) groups is 1. The van der Waals surface area contributed by atoms with Crippen molar-refractivity contribution >= 4 is 22.9 Å². The second kappa shape index (κ2) is 5.69. The van der Waals surface area contributed by atoms with Crippen molar-refractivity contribution in [2.75, 3.05) is 11.9 Å². The van der Waals surface area contributed by atoms with Gasteiger partial charge in [0.2, 0.25) is 0 Å². The maximum absolute atomic E-state index is 13.8. The van der Waals surface area contributed by atoms with Crippen LogP contribution in [0.1, 0.15) is 11.1 Å². The van der Waals surface area contributed by atoms with E-state index < -0.39 is 5.82 Å². The molecular formula is C16H15FN2OS. The summed E-state index contributed by atoms with van der Waals surface area (Å²) in [6, 6.07) is 12.7. The molecule has 5 heteroatoms. The Morgan fingerprint density at radius 2 is 2.14 bits per heavy atom. The van der Waals surface area contributed by atoms with Crippen LogP contribution in [0.25, 0.3) is 0 Å². The monoisotopic (exact) mass is 302 g/mol. The van der Waals surface area contributed by atoms with Gasteiger partial charge in [0, 0.05) is 17.7 Å². The quantitative estimate of drug-likeness (QED) is 0.853.